The van der Waals surface area contributed by atoms with Gasteiger partial charge in [0, 0.05) is 13.2 Å². The molecule has 0 unspecified atom stereocenters. The van der Waals surface area contributed by atoms with Crippen molar-refractivity contribution in [3.63, 3.8) is 0 Å². The van der Waals surface area contributed by atoms with Gasteiger partial charge in [0.1, 0.15) is 6.07 Å². The predicted octanol–water partition coefficient (Wildman–Crippen LogP) is 2.10. The molecule has 7 heteroatoms. The van der Waals surface area contributed by atoms with Crippen LogP contribution >= 0.6 is 0 Å². The molecule has 0 amide bonds. The summed E-state index contributed by atoms with van der Waals surface area (Å²) in [6.45, 7) is 1.75. The molecule has 0 radical (unpaired) electrons. The first-order chi connectivity index (χ1) is 9.99. The molecule has 0 spiro atoms. The van der Waals surface area contributed by atoms with Crippen molar-refractivity contribution < 1.29 is 8.42 Å². The van der Waals surface area contributed by atoms with Gasteiger partial charge in [-0.05, 0) is 30.7 Å². The van der Waals surface area contributed by atoms with Gasteiger partial charge in [-0.15, -0.1) is 0 Å². The van der Waals surface area contributed by atoms with E-state index in [1.54, 1.807) is 44.3 Å². The summed E-state index contributed by atoms with van der Waals surface area (Å²) in [5.74, 6) is 0. The highest BCUT2D eigenvalue weighted by Crippen LogP contribution is 2.24. The Bertz CT molecular complexity index is 810. The van der Waals surface area contributed by atoms with Crippen LogP contribution in [0.5, 0.6) is 0 Å². The van der Waals surface area contributed by atoms with E-state index < -0.39 is 10.0 Å². The second-order valence-electron chi connectivity index (χ2n) is 4.32. The van der Waals surface area contributed by atoms with Crippen molar-refractivity contribution >= 4 is 21.4 Å². The summed E-state index contributed by atoms with van der Waals surface area (Å²) in [5, 5.41) is 11.8. The monoisotopic (exact) mass is 302 g/mol. The van der Waals surface area contributed by atoms with Crippen molar-refractivity contribution in [1.29, 1.82) is 5.26 Å². The number of benzene rings is 1. The Morgan fingerprint density at radius 3 is 2.57 bits per heavy atom. The fraction of sp³-hybridized carbons (Fsp3) is 0.143. The Kier molecular flexibility index (Phi) is 4.10. The van der Waals surface area contributed by atoms with Crippen molar-refractivity contribution in [2.45, 2.75) is 11.9 Å². The third kappa shape index (κ3) is 2.95. The zero-order chi connectivity index (χ0) is 15.5. The van der Waals surface area contributed by atoms with Crippen molar-refractivity contribution in [3.8, 4) is 6.07 Å². The third-order valence-electron chi connectivity index (χ3n) is 2.92. The third-order valence-corrected chi connectivity index (χ3v) is 4.25. The molecule has 6 nitrogen and oxygen atoms in total. The number of hydrogen-bond acceptors (Lipinski definition) is 5. The highest BCUT2D eigenvalue weighted by molar-refractivity contribution is 7.92. The normalized spacial score (nSPS) is 10.7. The number of aryl methyl sites for hydroxylation is 1. The van der Waals surface area contributed by atoms with Gasteiger partial charge in [0.2, 0.25) is 0 Å². The molecule has 0 saturated heterocycles. The molecule has 0 atom stereocenters. The average molecular weight is 302 g/mol. The fourth-order valence-corrected chi connectivity index (χ4v) is 3.11. The lowest BCUT2D eigenvalue weighted by molar-refractivity contribution is 0.598. The van der Waals surface area contributed by atoms with Gasteiger partial charge in [-0.1, -0.05) is 12.1 Å². The number of rotatable bonds is 4. The van der Waals surface area contributed by atoms with Gasteiger partial charge in [-0.3, -0.25) is 4.72 Å². The van der Waals surface area contributed by atoms with E-state index in [0.717, 1.165) is 0 Å². The lowest BCUT2D eigenvalue weighted by Crippen LogP contribution is -2.17. The van der Waals surface area contributed by atoms with Crippen molar-refractivity contribution in [1.82, 2.24) is 4.98 Å². The molecule has 0 aliphatic carbocycles. The molecular formula is C14H14N4O2S. The minimum atomic E-state index is -3.88. The molecule has 0 aliphatic rings. The maximum atomic E-state index is 12.4. The number of nitriles is 1. The van der Waals surface area contributed by atoms with Crippen LogP contribution in [0.3, 0.4) is 0 Å². The molecule has 0 aliphatic heterocycles. The molecule has 2 aromatic rings. The molecule has 1 heterocycles. The fourth-order valence-electron chi connectivity index (χ4n) is 1.89. The molecule has 1 aromatic carbocycles. The molecule has 21 heavy (non-hydrogen) atoms. The Labute approximate surface area is 123 Å². The van der Waals surface area contributed by atoms with Crippen LogP contribution < -0.4 is 10.0 Å². The number of pyridine rings is 1. The minimum absolute atomic E-state index is 0.113. The number of anilines is 2. The Balaban J connectivity index is 2.48. The summed E-state index contributed by atoms with van der Waals surface area (Å²) < 4.78 is 27.3. The highest BCUT2D eigenvalue weighted by atomic mass is 32.2. The molecular weight excluding hydrogens is 288 g/mol. The van der Waals surface area contributed by atoms with Gasteiger partial charge in [0.15, 0.2) is 5.03 Å². The van der Waals surface area contributed by atoms with E-state index in [1.165, 1.54) is 6.20 Å². The SMILES string of the molecule is CNc1cccnc1S(=O)(=O)Nc1cccc(C)c1C#N. The number of aromatic nitrogens is 1. The summed E-state index contributed by atoms with van der Waals surface area (Å²) in [6.07, 6.45) is 1.40. The first-order valence-corrected chi connectivity index (χ1v) is 7.63. The molecule has 2 N–H and O–H groups in total. The van der Waals surface area contributed by atoms with E-state index in [4.69, 9.17) is 5.26 Å². The standard InChI is InChI=1S/C14H14N4O2S/c1-10-5-3-6-12(11(10)9-15)18-21(19,20)14-13(16-2)7-4-8-17-14/h3-8,16,18H,1-2H3. The van der Waals surface area contributed by atoms with Crippen LogP contribution in [0.2, 0.25) is 0 Å². The first-order valence-electron chi connectivity index (χ1n) is 6.15. The first kappa shape index (κ1) is 14.8. The maximum Gasteiger partial charge on any atom is 0.281 e. The minimum Gasteiger partial charge on any atom is -0.386 e. The highest BCUT2D eigenvalue weighted by Gasteiger charge is 2.21. The van der Waals surface area contributed by atoms with Gasteiger partial charge >= 0.3 is 0 Å². The van der Waals surface area contributed by atoms with Crippen LogP contribution in [0.1, 0.15) is 11.1 Å². The van der Waals surface area contributed by atoms with Crippen LogP contribution in [-0.4, -0.2) is 20.4 Å². The second kappa shape index (κ2) is 5.81. The predicted molar refractivity (Wildman–Crippen MR) is 80.5 cm³/mol. The quantitative estimate of drug-likeness (QED) is 0.902. The van der Waals surface area contributed by atoms with Gasteiger partial charge < -0.3 is 5.32 Å². The number of nitrogens with zero attached hydrogens (tertiary/aromatic N) is 2. The zero-order valence-electron chi connectivity index (χ0n) is 11.6. The summed E-state index contributed by atoms with van der Waals surface area (Å²) in [5.41, 5.74) is 1.62. The number of nitrogens with one attached hydrogen (secondary N) is 2. The topological polar surface area (TPSA) is 94.9 Å². The van der Waals surface area contributed by atoms with Gasteiger partial charge in [-0.25, -0.2) is 4.98 Å². The van der Waals surface area contributed by atoms with E-state index in [0.29, 0.717) is 16.8 Å². The summed E-state index contributed by atoms with van der Waals surface area (Å²) in [7, 11) is -2.27. The van der Waals surface area contributed by atoms with E-state index in [9.17, 15) is 8.42 Å². The van der Waals surface area contributed by atoms with Crippen LogP contribution in [0.4, 0.5) is 11.4 Å². The molecule has 0 saturated carbocycles. The Morgan fingerprint density at radius 1 is 1.19 bits per heavy atom. The van der Waals surface area contributed by atoms with Crippen molar-refractivity contribution in [2.24, 2.45) is 0 Å². The Morgan fingerprint density at radius 2 is 1.90 bits per heavy atom. The van der Waals surface area contributed by atoms with Crippen LogP contribution in [0, 0.1) is 18.3 Å². The summed E-state index contributed by atoms with van der Waals surface area (Å²) >= 11 is 0. The van der Waals surface area contributed by atoms with Gasteiger partial charge in [0.05, 0.1) is 16.9 Å². The average Bonchev–Trinajstić information content (AvgIpc) is 2.47. The second-order valence-corrected chi connectivity index (χ2v) is 5.92. The molecule has 2 rings (SSSR count). The van der Waals surface area contributed by atoms with Crippen LogP contribution in [-0.2, 0) is 10.0 Å². The molecule has 0 bridgehead atoms. The maximum absolute atomic E-state index is 12.4. The molecule has 1 aromatic heterocycles. The van der Waals surface area contributed by atoms with Crippen LogP contribution in [0.15, 0.2) is 41.6 Å². The van der Waals surface area contributed by atoms with Gasteiger partial charge in [0.25, 0.3) is 10.0 Å². The van der Waals surface area contributed by atoms with E-state index in [-0.39, 0.29) is 10.7 Å². The largest absolute Gasteiger partial charge is 0.386 e. The van der Waals surface area contributed by atoms with Crippen molar-refractivity contribution in [2.75, 3.05) is 17.1 Å². The lowest BCUT2D eigenvalue weighted by atomic mass is 10.1. The van der Waals surface area contributed by atoms with Crippen molar-refractivity contribution in [3.05, 3.63) is 47.7 Å². The van der Waals surface area contributed by atoms with E-state index in [2.05, 4.69) is 15.0 Å². The lowest BCUT2D eigenvalue weighted by Gasteiger charge is -2.12. The van der Waals surface area contributed by atoms with E-state index in [1.807, 2.05) is 6.07 Å². The molecule has 108 valence electrons. The van der Waals surface area contributed by atoms with Crippen LogP contribution in [0.25, 0.3) is 0 Å². The number of hydrogen-bond donors (Lipinski definition) is 2. The Hall–Kier alpha value is -2.59. The molecule has 0 fully saturated rings. The summed E-state index contributed by atoms with van der Waals surface area (Å²) in [6, 6.07) is 10.2. The zero-order valence-corrected chi connectivity index (χ0v) is 12.4. The smallest absolute Gasteiger partial charge is 0.281 e. The van der Waals surface area contributed by atoms with E-state index >= 15 is 0 Å². The van der Waals surface area contributed by atoms with Gasteiger partial charge in [-0.2, -0.15) is 13.7 Å². The number of sulfonamides is 1. The summed E-state index contributed by atoms with van der Waals surface area (Å²) in [4.78, 5) is 3.90.